The smallest absolute Gasteiger partial charge is 0.269 e. The fourth-order valence-corrected chi connectivity index (χ4v) is 3.68. The van der Waals surface area contributed by atoms with E-state index in [-0.39, 0.29) is 5.91 Å². The Morgan fingerprint density at radius 1 is 1.38 bits per heavy atom. The minimum absolute atomic E-state index is 0.225. The van der Waals surface area contributed by atoms with Crippen molar-refractivity contribution in [3.63, 3.8) is 0 Å². The van der Waals surface area contributed by atoms with Gasteiger partial charge in [0.15, 0.2) is 10.7 Å². The second-order valence-corrected chi connectivity index (χ2v) is 7.92. The monoisotopic (exact) mass is 365 g/mol. The highest BCUT2D eigenvalue weighted by atomic mass is 35.5. The molecule has 0 radical (unpaired) electrons. The Hall–Kier alpha value is -1.63. The van der Waals surface area contributed by atoms with Gasteiger partial charge in [-0.3, -0.25) is 10.1 Å². The van der Waals surface area contributed by atoms with Gasteiger partial charge in [-0.2, -0.15) is 0 Å². The Morgan fingerprint density at radius 2 is 2.08 bits per heavy atom. The van der Waals surface area contributed by atoms with Gasteiger partial charge in [0.1, 0.15) is 5.75 Å². The van der Waals surface area contributed by atoms with Crippen molar-refractivity contribution in [3.8, 4) is 5.75 Å². The molecule has 1 amide bonds. The zero-order chi connectivity index (χ0) is 17.3. The second kappa shape index (κ2) is 6.70. The van der Waals surface area contributed by atoms with Gasteiger partial charge in [0.2, 0.25) is 0 Å². The second-order valence-electron chi connectivity index (χ2n) is 6.40. The number of aromatic nitrogens is 1. The largest absolute Gasteiger partial charge is 0.478 e. The van der Waals surface area contributed by atoms with Gasteiger partial charge >= 0.3 is 0 Å². The molecule has 0 spiro atoms. The third-order valence-electron chi connectivity index (χ3n) is 3.88. The van der Waals surface area contributed by atoms with Gasteiger partial charge < -0.3 is 9.64 Å². The summed E-state index contributed by atoms with van der Waals surface area (Å²) in [7, 11) is 2.09. The van der Waals surface area contributed by atoms with Crippen molar-refractivity contribution in [2.24, 2.45) is 0 Å². The summed E-state index contributed by atoms with van der Waals surface area (Å²) in [6, 6.07) is 6.96. The van der Waals surface area contributed by atoms with Crippen LogP contribution in [0.15, 0.2) is 24.3 Å². The van der Waals surface area contributed by atoms with Crippen LogP contribution in [0, 0.1) is 0 Å². The van der Waals surface area contributed by atoms with Gasteiger partial charge in [-0.25, -0.2) is 4.98 Å². The summed E-state index contributed by atoms with van der Waals surface area (Å²) >= 11 is 7.40. The van der Waals surface area contributed by atoms with E-state index in [2.05, 4.69) is 22.2 Å². The van der Waals surface area contributed by atoms with E-state index in [1.165, 1.54) is 16.2 Å². The summed E-state index contributed by atoms with van der Waals surface area (Å²) in [6.45, 7) is 5.35. The number of hydrogen-bond donors (Lipinski definition) is 1. The molecule has 0 saturated carbocycles. The van der Waals surface area contributed by atoms with Crippen LogP contribution in [0.4, 0.5) is 5.13 Å². The van der Waals surface area contributed by atoms with Crippen molar-refractivity contribution in [3.05, 3.63) is 39.9 Å². The summed E-state index contributed by atoms with van der Waals surface area (Å²) < 4.78 is 5.81. The van der Waals surface area contributed by atoms with Gasteiger partial charge in [-0.1, -0.05) is 11.6 Å². The Kier molecular flexibility index (Phi) is 4.80. The van der Waals surface area contributed by atoms with E-state index in [9.17, 15) is 4.79 Å². The summed E-state index contributed by atoms with van der Waals surface area (Å²) in [5.41, 5.74) is 0.0707. The van der Waals surface area contributed by atoms with Crippen LogP contribution in [0.25, 0.3) is 0 Å². The normalized spacial score (nSPS) is 15.0. The van der Waals surface area contributed by atoms with Gasteiger partial charge in [0.25, 0.3) is 5.91 Å². The van der Waals surface area contributed by atoms with Crippen molar-refractivity contribution < 1.29 is 9.53 Å². The zero-order valence-electron chi connectivity index (χ0n) is 13.9. The Labute approximate surface area is 150 Å². The van der Waals surface area contributed by atoms with E-state index in [1.807, 2.05) is 0 Å². The highest BCUT2D eigenvalue weighted by Crippen LogP contribution is 2.29. The van der Waals surface area contributed by atoms with E-state index < -0.39 is 5.60 Å². The van der Waals surface area contributed by atoms with E-state index in [0.29, 0.717) is 15.9 Å². The van der Waals surface area contributed by atoms with Gasteiger partial charge in [0.05, 0.1) is 5.69 Å². The first-order valence-corrected chi connectivity index (χ1v) is 8.96. The van der Waals surface area contributed by atoms with Gasteiger partial charge in [-0.05, 0) is 45.2 Å². The number of benzene rings is 1. The van der Waals surface area contributed by atoms with Crippen LogP contribution < -0.4 is 10.1 Å². The van der Waals surface area contributed by atoms with Crippen LogP contribution in [0.5, 0.6) is 5.75 Å². The van der Waals surface area contributed by atoms with Crippen LogP contribution in [-0.4, -0.2) is 35.0 Å². The molecular formula is C17H20ClN3O2S. The molecule has 1 aromatic carbocycles. The van der Waals surface area contributed by atoms with Crippen molar-refractivity contribution >= 4 is 34.0 Å². The summed E-state index contributed by atoms with van der Waals surface area (Å²) in [4.78, 5) is 20.6. The number of carbonyl (C=O) groups excluding carboxylic acids is 1. The molecule has 1 aliphatic rings. The third kappa shape index (κ3) is 3.88. The molecule has 0 bridgehead atoms. The topological polar surface area (TPSA) is 54.5 Å². The molecule has 1 N–H and O–H groups in total. The van der Waals surface area contributed by atoms with E-state index in [1.54, 1.807) is 38.1 Å². The van der Waals surface area contributed by atoms with Crippen molar-refractivity contribution in [2.75, 3.05) is 18.9 Å². The molecule has 5 nitrogen and oxygen atoms in total. The molecule has 1 aromatic heterocycles. The lowest BCUT2D eigenvalue weighted by Gasteiger charge is -2.24. The minimum Gasteiger partial charge on any atom is -0.478 e. The minimum atomic E-state index is -1.02. The average Bonchev–Trinajstić information content (AvgIpc) is 2.90. The van der Waals surface area contributed by atoms with E-state index in [4.69, 9.17) is 16.3 Å². The lowest BCUT2D eigenvalue weighted by atomic mass is 10.1. The number of halogens is 1. The molecule has 24 heavy (non-hydrogen) atoms. The average molecular weight is 366 g/mol. The van der Waals surface area contributed by atoms with Crippen molar-refractivity contribution in [2.45, 2.75) is 32.4 Å². The number of fused-ring (bicyclic) bond motifs is 1. The summed E-state index contributed by atoms with van der Waals surface area (Å²) in [6.07, 6.45) is 0.920. The number of amides is 1. The first kappa shape index (κ1) is 17.2. The Morgan fingerprint density at radius 3 is 2.79 bits per heavy atom. The number of rotatable bonds is 4. The predicted octanol–water partition coefficient (Wildman–Crippen LogP) is 3.58. The summed E-state index contributed by atoms with van der Waals surface area (Å²) in [5, 5.41) is 4.14. The van der Waals surface area contributed by atoms with Crippen LogP contribution in [-0.2, 0) is 17.8 Å². The lowest BCUT2D eigenvalue weighted by molar-refractivity contribution is -0.128. The molecular weight excluding hydrogens is 346 g/mol. The highest BCUT2D eigenvalue weighted by Gasteiger charge is 2.31. The lowest BCUT2D eigenvalue weighted by Crippen LogP contribution is -2.42. The fraction of sp³-hybridized carbons (Fsp3) is 0.412. The Bertz CT molecular complexity index is 743. The van der Waals surface area contributed by atoms with Crippen molar-refractivity contribution in [1.82, 2.24) is 9.88 Å². The van der Waals surface area contributed by atoms with Crippen LogP contribution in [0.3, 0.4) is 0 Å². The third-order valence-corrected chi connectivity index (χ3v) is 5.13. The first-order chi connectivity index (χ1) is 11.3. The number of anilines is 1. The molecule has 0 aliphatic carbocycles. The quantitative estimate of drug-likeness (QED) is 0.899. The molecule has 3 rings (SSSR count). The number of ether oxygens (including phenoxy) is 1. The molecule has 0 fully saturated rings. The van der Waals surface area contributed by atoms with E-state index in [0.717, 1.165) is 25.2 Å². The predicted molar refractivity (Wildman–Crippen MR) is 96.9 cm³/mol. The first-order valence-electron chi connectivity index (χ1n) is 7.76. The number of hydrogen-bond acceptors (Lipinski definition) is 5. The van der Waals surface area contributed by atoms with Crippen LogP contribution in [0.1, 0.15) is 24.4 Å². The highest BCUT2D eigenvalue weighted by molar-refractivity contribution is 7.15. The SMILES string of the molecule is CN1CCc2nc(NC(=O)C(C)(C)Oc3ccc(Cl)cc3)sc2C1. The maximum Gasteiger partial charge on any atom is 0.269 e. The molecule has 2 heterocycles. The standard InChI is InChI=1S/C17H20ClN3O2S/c1-17(2,23-12-6-4-11(18)5-7-12)15(22)20-16-19-13-8-9-21(3)10-14(13)24-16/h4-7H,8-10H2,1-3H3,(H,19,20,22). The van der Waals surface area contributed by atoms with Crippen LogP contribution in [0.2, 0.25) is 5.02 Å². The molecule has 7 heteroatoms. The number of carbonyl (C=O) groups is 1. The molecule has 128 valence electrons. The van der Waals surface area contributed by atoms with Gasteiger partial charge in [0, 0.05) is 29.4 Å². The number of nitrogens with one attached hydrogen (secondary N) is 1. The molecule has 0 unspecified atom stereocenters. The molecule has 1 aliphatic heterocycles. The summed E-state index contributed by atoms with van der Waals surface area (Å²) in [5.74, 6) is 0.372. The van der Waals surface area contributed by atoms with E-state index >= 15 is 0 Å². The van der Waals surface area contributed by atoms with Gasteiger partial charge in [-0.15, -0.1) is 11.3 Å². The number of thiazole rings is 1. The fourth-order valence-electron chi connectivity index (χ4n) is 2.47. The maximum atomic E-state index is 12.6. The van der Waals surface area contributed by atoms with Crippen molar-refractivity contribution in [1.29, 1.82) is 0 Å². The number of likely N-dealkylation sites (N-methyl/N-ethyl adjacent to an activating group) is 1. The molecule has 2 aromatic rings. The molecule has 0 atom stereocenters. The maximum absolute atomic E-state index is 12.6. The molecule has 0 saturated heterocycles. The van der Waals surface area contributed by atoms with Crippen LogP contribution >= 0.6 is 22.9 Å². The number of nitrogens with zero attached hydrogens (tertiary/aromatic N) is 2. The zero-order valence-corrected chi connectivity index (χ0v) is 15.5. The Balaban J connectivity index is 1.68.